The molecule has 1 aromatic rings. The first kappa shape index (κ1) is 11.1. The van der Waals surface area contributed by atoms with Crippen LogP contribution in [0.2, 0.25) is 0 Å². The molecular formula is C11H18N4O. The van der Waals surface area contributed by atoms with E-state index in [4.69, 9.17) is 10.5 Å². The average Bonchev–Trinajstić information content (AvgIpc) is 2.26. The van der Waals surface area contributed by atoms with Crippen molar-refractivity contribution in [1.29, 1.82) is 0 Å². The van der Waals surface area contributed by atoms with Crippen LogP contribution in [0.3, 0.4) is 0 Å². The SMILES string of the molecule is COc1ccnc(N(CCN)C2CCC2)n1. The summed E-state index contributed by atoms with van der Waals surface area (Å²) in [6.45, 7) is 1.43. The Balaban J connectivity index is 2.16. The molecule has 5 heteroatoms. The van der Waals surface area contributed by atoms with E-state index in [1.54, 1.807) is 19.4 Å². The fourth-order valence-corrected chi connectivity index (χ4v) is 1.87. The highest BCUT2D eigenvalue weighted by Crippen LogP contribution is 2.27. The number of nitrogens with two attached hydrogens (primary N) is 1. The van der Waals surface area contributed by atoms with Crippen molar-refractivity contribution < 1.29 is 4.74 Å². The Labute approximate surface area is 95.6 Å². The van der Waals surface area contributed by atoms with Crippen molar-refractivity contribution in [2.75, 3.05) is 25.1 Å². The molecule has 0 spiro atoms. The molecule has 0 saturated heterocycles. The van der Waals surface area contributed by atoms with E-state index in [2.05, 4.69) is 14.9 Å². The van der Waals surface area contributed by atoms with Gasteiger partial charge in [-0.1, -0.05) is 0 Å². The Morgan fingerprint density at radius 2 is 2.38 bits per heavy atom. The van der Waals surface area contributed by atoms with Gasteiger partial charge < -0.3 is 15.4 Å². The predicted molar refractivity (Wildman–Crippen MR) is 62.6 cm³/mol. The van der Waals surface area contributed by atoms with Crippen molar-refractivity contribution in [3.8, 4) is 5.88 Å². The van der Waals surface area contributed by atoms with Gasteiger partial charge in [0.1, 0.15) is 0 Å². The number of rotatable bonds is 5. The zero-order valence-corrected chi connectivity index (χ0v) is 9.59. The summed E-state index contributed by atoms with van der Waals surface area (Å²) in [5.41, 5.74) is 5.63. The first-order chi connectivity index (χ1) is 7.85. The second-order valence-electron chi connectivity index (χ2n) is 3.97. The van der Waals surface area contributed by atoms with E-state index in [0.29, 0.717) is 18.5 Å². The van der Waals surface area contributed by atoms with Gasteiger partial charge >= 0.3 is 0 Å². The minimum Gasteiger partial charge on any atom is -0.481 e. The summed E-state index contributed by atoms with van der Waals surface area (Å²) in [6.07, 6.45) is 5.43. The molecule has 0 aliphatic heterocycles. The number of methoxy groups -OCH3 is 1. The number of anilines is 1. The highest BCUT2D eigenvalue weighted by molar-refractivity contribution is 5.34. The highest BCUT2D eigenvalue weighted by atomic mass is 16.5. The zero-order valence-electron chi connectivity index (χ0n) is 9.59. The van der Waals surface area contributed by atoms with Crippen LogP contribution in [0.1, 0.15) is 19.3 Å². The van der Waals surface area contributed by atoms with Gasteiger partial charge in [-0.05, 0) is 19.3 Å². The highest BCUT2D eigenvalue weighted by Gasteiger charge is 2.26. The Morgan fingerprint density at radius 3 is 2.94 bits per heavy atom. The van der Waals surface area contributed by atoms with Crippen LogP contribution in [0, 0.1) is 0 Å². The molecular weight excluding hydrogens is 204 g/mol. The molecule has 0 unspecified atom stereocenters. The molecule has 1 fully saturated rings. The van der Waals surface area contributed by atoms with Gasteiger partial charge in [0.05, 0.1) is 7.11 Å². The normalized spacial score (nSPS) is 15.6. The van der Waals surface area contributed by atoms with Gasteiger partial charge in [0.2, 0.25) is 11.8 Å². The van der Waals surface area contributed by atoms with E-state index < -0.39 is 0 Å². The minimum atomic E-state index is 0.552. The van der Waals surface area contributed by atoms with Crippen molar-refractivity contribution in [2.45, 2.75) is 25.3 Å². The smallest absolute Gasteiger partial charge is 0.228 e. The van der Waals surface area contributed by atoms with Gasteiger partial charge in [-0.2, -0.15) is 4.98 Å². The fraction of sp³-hybridized carbons (Fsp3) is 0.636. The summed E-state index contributed by atoms with van der Waals surface area (Å²) >= 11 is 0. The molecule has 2 N–H and O–H groups in total. The average molecular weight is 222 g/mol. The summed E-state index contributed by atoms with van der Waals surface area (Å²) in [5.74, 6) is 1.33. The molecule has 0 atom stereocenters. The third-order valence-electron chi connectivity index (χ3n) is 2.97. The summed E-state index contributed by atoms with van der Waals surface area (Å²) in [7, 11) is 1.61. The first-order valence-electron chi connectivity index (χ1n) is 5.69. The van der Waals surface area contributed by atoms with Crippen LogP contribution in [-0.2, 0) is 0 Å². The molecule has 1 aliphatic carbocycles. The van der Waals surface area contributed by atoms with E-state index in [0.717, 1.165) is 12.5 Å². The molecule has 1 saturated carbocycles. The van der Waals surface area contributed by atoms with Gasteiger partial charge in [-0.25, -0.2) is 4.98 Å². The molecule has 88 valence electrons. The number of ether oxygens (including phenoxy) is 1. The van der Waals surface area contributed by atoms with Crippen LogP contribution < -0.4 is 15.4 Å². The van der Waals surface area contributed by atoms with E-state index in [1.807, 2.05) is 0 Å². The Morgan fingerprint density at radius 1 is 1.56 bits per heavy atom. The van der Waals surface area contributed by atoms with Crippen LogP contribution in [0.5, 0.6) is 5.88 Å². The molecule has 0 radical (unpaired) electrons. The zero-order chi connectivity index (χ0) is 11.4. The molecule has 0 amide bonds. The lowest BCUT2D eigenvalue weighted by Crippen LogP contribution is -2.43. The van der Waals surface area contributed by atoms with E-state index >= 15 is 0 Å². The lowest BCUT2D eigenvalue weighted by Gasteiger charge is -2.37. The Kier molecular flexibility index (Phi) is 3.56. The standard InChI is InChI=1S/C11H18N4O/c1-16-10-5-7-13-11(14-10)15(8-6-12)9-3-2-4-9/h5,7,9H,2-4,6,8,12H2,1H3. The third kappa shape index (κ3) is 2.24. The predicted octanol–water partition coefficient (Wildman–Crippen LogP) is 0.803. The topological polar surface area (TPSA) is 64.3 Å². The number of hydrogen-bond acceptors (Lipinski definition) is 5. The van der Waals surface area contributed by atoms with Crippen LogP contribution in [0.25, 0.3) is 0 Å². The molecule has 0 bridgehead atoms. The van der Waals surface area contributed by atoms with Crippen molar-refractivity contribution in [3.63, 3.8) is 0 Å². The minimum absolute atomic E-state index is 0.552. The number of nitrogens with zero attached hydrogens (tertiary/aromatic N) is 3. The monoisotopic (exact) mass is 222 g/mol. The largest absolute Gasteiger partial charge is 0.481 e. The van der Waals surface area contributed by atoms with Gasteiger partial charge in [0.15, 0.2) is 0 Å². The molecule has 2 rings (SSSR count). The lowest BCUT2D eigenvalue weighted by atomic mass is 9.92. The van der Waals surface area contributed by atoms with Crippen LogP contribution in [-0.4, -0.2) is 36.2 Å². The fourth-order valence-electron chi connectivity index (χ4n) is 1.87. The van der Waals surface area contributed by atoms with Crippen LogP contribution >= 0.6 is 0 Å². The maximum atomic E-state index is 5.63. The number of hydrogen-bond donors (Lipinski definition) is 1. The van der Waals surface area contributed by atoms with Crippen LogP contribution in [0.15, 0.2) is 12.3 Å². The summed E-state index contributed by atoms with van der Waals surface area (Å²) in [6, 6.07) is 2.31. The summed E-state index contributed by atoms with van der Waals surface area (Å²) < 4.78 is 5.11. The molecule has 0 aromatic carbocycles. The van der Waals surface area contributed by atoms with E-state index in [1.165, 1.54) is 19.3 Å². The van der Waals surface area contributed by atoms with Crippen molar-refractivity contribution in [3.05, 3.63) is 12.3 Å². The quantitative estimate of drug-likeness (QED) is 0.798. The molecule has 5 nitrogen and oxygen atoms in total. The van der Waals surface area contributed by atoms with Crippen molar-refractivity contribution in [1.82, 2.24) is 9.97 Å². The van der Waals surface area contributed by atoms with Gasteiger partial charge in [-0.3, -0.25) is 0 Å². The summed E-state index contributed by atoms with van der Waals surface area (Å²) in [4.78, 5) is 10.8. The van der Waals surface area contributed by atoms with E-state index in [-0.39, 0.29) is 0 Å². The maximum absolute atomic E-state index is 5.63. The third-order valence-corrected chi connectivity index (χ3v) is 2.97. The molecule has 1 aromatic heterocycles. The molecule has 16 heavy (non-hydrogen) atoms. The van der Waals surface area contributed by atoms with Gasteiger partial charge in [0.25, 0.3) is 0 Å². The van der Waals surface area contributed by atoms with Gasteiger partial charge in [-0.15, -0.1) is 0 Å². The second-order valence-corrected chi connectivity index (χ2v) is 3.97. The van der Waals surface area contributed by atoms with E-state index in [9.17, 15) is 0 Å². The molecule has 1 heterocycles. The Hall–Kier alpha value is -1.36. The first-order valence-corrected chi connectivity index (χ1v) is 5.69. The van der Waals surface area contributed by atoms with Crippen molar-refractivity contribution >= 4 is 5.95 Å². The van der Waals surface area contributed by atoms with Crippen LogP contribution in [0.4, 0.5) is 5.95 Å². The van der Waals surface area contributed by atoms with Crippen molar-refractivity contribution in [2.24, 2.45) is 5.73 Å². The van der Waals surface area contributed by atoms with Gasteiger partial charge in [0, 0.05) is 31.4 Å². The maximum Gasteiger partial charge on any atom is 0.228 e. The Bertz CT molecular complexity index is 341. The summed E-state index contributed by atoms with van der Waals surface area (Å²) in [5, 5.41) is 0. The molecule has 1 aliphatic rings. The second kappa shape index (κ2) is 5.12. The lowest BCUT2D eigenvalue weighted by molar-refractivity contribution is 0.375. The number of aromatic nitrogens is 2.